The molecular weight excluding hydrogens is 244 g/mol. The molecule has 1 saturated heterocycles. The fraction of sp³-hybridized carbons (Fsp3) is 1.00. The molecule has 0 amide bonds. The van der Waals surface area contributed by atoms with Crippen LogP contribution in [0.25, 0.3) is 0 Å². The van der Waals surface area contributed by atoms with E-state index < -0.39 is 21.3 Å². The zero-order valence-electron chi connectivity index (χ0n) is 10.9. The van der Waals surface area contributed by atoms with Crippen LogP contribution in [0.4, 0.5) is 0 Å². The molecule has 102 valence electrons. The fourth-order valence-electron chi connectivity index (χ4n) is 1.30. The van der Waals surface area contributed by atoms with Gasteiger partial charge in [0.05, 0.1) is 24.4 Å². The van der Waals surface area contributed by atoms with Crippen LogP contribution in [0.15, 0.2) is 0 Å². The van der Waals surface area contributed by atoms with Gasteiger partial charge < -0.3 is 9.84 Å². The number of rotatable bonds is 4. The maximum absolute atomic E-state index is 12.1. The Hall–Kier alpha value is -0.210. The number of hydrogen-bond acceptors (Lipinski definition) is 4. The van der Waals surface area contributed by atoms with Crippen LogP contribution in [0, 0.1) is 0 Å². The van der Waals surface area contributed by atoms with Crippen LogP contribution < -0.4 is 4.72 Å². The number of hydrogen-bond donors (Lipinski definition) is 2. The Morgan fingerprint density at radius 2 is 1.65 bits per heavy atom. The summed E-state index contributed by atoms with van der Waals surface area (Å²) >= 11 is 0. The van der Waals surface area contributed by atoms with Crippen LogP contribution in [0.2, 0.25) is 0 Å². The van der Waals surface area contributed by atoms with Gasteiger partial charge >= 0.3 is 0 Å². The molecule has 0 aromatic rings. The van der Waals surface area contributed by atoms with Gasteiger partial charge in [-0.25, -0.2) is 0 Å². The molecule has 1 aliphatic rings. The summed E-state index contributed by atoms with van der Waals surface area (Å²) in [5, 5.41) is 9.94. The van der Waals surface area contributed by atoms with Crippen molar-refractivity contribution in [1.29, 1.82) is 0 Å². The lowest BCUT2D eigenvalue weighted by Gasteiger charge is -2.39. The first kappa shape index (κ1) is 14.8. The monoisotopic (exact) mass is 266 g/mol. The van der Waals surface area contributed by atoms with Crippen LogP contribution in [-0.2, 0) is 14.9 Å². The minimum absolute atomic E-state index is 0.345. The Labute approximate surface area is 103 Å². The van der Waals surface area contributed by atoms with Crippen molar-refractivity contribution in [3.05, 3.63) is 0 Å². The molecule has 0 bridgehead atoms. The SMILES string of the molecule is CC(C)(O)C(C)(C)NS(=O)(=O)N1CCOCC1. The summed E-state index contributed by atoms with van der Waals surface area (Å²) in [5.74, 6) is 0. The summed E-state index contributed by atoms with van der Waals surface area (Å²) in [6.45, 7) is 7.97. The Balaban J connectivity index is 2.79. The number of nitrogens with zero attached hydrogens (tertiary/aromatic N) is 1. The quantitative estimate of drug-likeness (QED) is 0.732. The minimum atomic E-state index is -3.58. The zero-order chi connectivity index (χ0) is 13.3. The predicted molar refractivity (Wildman–Crippen MR) is 64.8 cm³/mol. The fourth-order valence-corrected chi connectivity index (χ4v) is 2.95. The van der Waals surface area contributed by atoms with E-state index in [9.17, 15) is 13.5 Å². The van der Waals surface area contributed by atoms with E-state index in [1.165, 1.54) is 4.31 Å². The van der Waals surface area contributed by atoms with Crippen molar-refractivity contribution in [3.63, 3.8) is 0 Å². The van der Waals surface area contributed by atoms with E-state index in [-0.39, 0.29) is 0 Å². The Morgan fingerprint density at radius 3 is 2.06 bits per heavy atom. The van der Waals surface area contributed by atoms with E-state index in [1.807, 2.05) is 0 Å². The highest BCUT2D eigenvalue weighted by Gasteiger charge is 2.40. The van der Waals surface area contributed by atoms with E-state index in [2.05, 4.69) is 4.72 Å². The second-order valence-electron chi connectivity index (χ2n) is 5.30. The lowest BCUT2D eigenvalue weighted by molar-refractivity contribution is 0.00471. The van der Waals surface area contributed by atoms with E-state index in [4.69, 9.17) is 4.74 Å². The summed E-state index contributed by atoms with van der Waals surface area (Å²) in [7, 11) is -3.58. The molecule has 0 aromatic carbocycles. The van der Waals surface area contributed by atoms with Gasteiger partial charge in [0.25, 0.3) is 10.2 Å². The Morgan fingerprint density at radius 1 is 1.18 bits per heavy atom. The molecule has 0 radical (unpaired) electrons. The average molecular weight is 266 g/mol. The molecule has 0 unspecified atom stereocenters. The highest BCUT2D eigenvalue weighted by Crippen LogP contribution is 2.22. The molecule has 1 heterocycles. The first-order chi connectivity index (χ1) is 7.56. The van der Waals surface area contributed by atoms with Gasteiger partial charge in [0.2, 0.25) is 0 Å². The molecule has 0 atom stereocenters. The molecule has 0 aliphatic carbocycles. The highest BCUT2D eigenvalue weighted by atomic mass is 32.2. The maximum atomic E-state index is 12.1. The third-order valence-electron chi connectivity index (χ3n) is 3.22. The van der Waals surface area contributed by atoms with Crippen molar-refractivity contribution in [2.75, 3.05) is 26.3 Å². The van der Waals surface area contributed by atoms with Gasteiger partial charge in [0, 0.05) is 13.1 Å². The van der Waals surface area contributed by atoms with Crippen LogP contribution in [0.1, 0.15) is 27.7 Å². The van der Waals surface area contributed by atoms with Crippen LogP contribution in [-0.4, -0.2) is 55.3 Å². The van der Waals surface area contributed by atoms with E-state index in [0.29, 0.717) is 26.3 Å². The molecule has 6 nitrogen and oxygen atoms in total. The molecule has 7 heteroatoms. The van der Waals surface area contributed by atoms with Gasteiger partial charge in [-0.3, -0.25) is 0 Å². The van der Waals surface area contributed by atoms with Crippen LogP contribution in [0.3, 0.4) is 0 Å². The van der Waals surface area contributed by atoms with Gasteiger partial charge in [-0.15, -0.1) is 0 Å². The van der Waals surface area contributed by atoms with Gasteiger partial charge in [-0.05, 0) is 27.7 Å². The standard InChI is InChI=1S/C10H22N2O4S/c1-9(2,10(3,4)13)11-17(14,15)12-5-7-16-8-6-12/h11,13H,5-8H2,1-4H3. The number of morpholine rings is 1. The largest absolute Gasteiger partial charge is 0.389 e. The first-order valence-corrected chi connectivity index (χ1v) is 7.09. The lowest BCUT2D eigenvalue weighted by atomic mass is 9.87. The second-order valence-corrected chi connectivity index (χ2v) is 6.97. The molecular formula is C10H22N2O4S. The molecule has 0 saturated carbocycles. The van der Waals surface area contributed by atoms with Crippen molar-refractivity contribution < 1.29 is 18.3 Å². The first-order valence-electron chi connectivity index (χ1n) is 5.65. The van der Waals surface area contributed by atoms with Crippen molar-refractivity contribution in [2.24, 2.45) is 0 Å². The van der Waals surface area contributed by atoms with Crippen molar-refractivity contribution in [3.8, 4) is 0 Å². The van der Waals surface area contributed by atoms with Gasteiger partial charge in [0.1, 0.15) is 0 Å². The third kappa shape index (κ3) is 3.62. The summed E-state index contributed by atoms with van der Waals surface area (Å²) < 4.78 is 33.2. The summed E-state index contributed by atoms with van der Waals surface area (Å²) in [6, 6.07) is 0. The van der Waals surface area contributed by atoms with Crippen molar-refractivity contribution in [1.82, 2.24) is 9.03 Å². The minimum Gasteiger partial charge on any atom is -0.389 e. The van der Waals surface area contributed by atoms with Gasteiger partial charge in [0.15, 0.2) is 0 Å². The molecule has 17 heavy (non-hydrogen) atoms. The lowest BCUT2D eigenvalue weighted by Crippen LogP contribution is -2.61. The second kappa shape index (κ2) is 4.81. The predicted octanol–water partition coefficient (Wildman–Crippen LogP) is -0.297. The molecule has 0 spiro atoms. The summed E-state index contributed by atoms with van der Waals surface area (Å²) in [5.41, 5.74) is -2.09. The normalized spacial score (nSPS) is 20.5. The molecule has 1 aliphatic heterocycles. The molecule has 0 aromatic heterocycles. The number of nitrogens with one attached hydrogen (secondary N) is 1. The smallest absolute Gasteiger partial charge is 0.280 e. The Bertz CT molecular complexity index is 353. The third-order valence-corrected chi connectivity index (χ3v) is 5.04. The number of aliphatic hydroxyl groups is 1. The highest BCUT2D eigenvalue weighted by molar-refractivity contribution is 7.87. The average Bonchev–Trinajstić information content (AvgIpc) is 2.15. The van der Waals surface area contributed by atoms with E-state index in [1.54, 1.807) is 27.7 Å². The van der Waals surface area contributed by atoms with Crippen LogP contribution in [0.5, 0.6) is 0 Å². The maximum Gasteiger partial charge on any atom is 0.280 e. The molecule has 1 rings (SSSR count). The Kier molecular flexibility index (Phi) is 4.20. The topological polar surface area (TPSA) is 78.9 Å². The molecule has 1 fully saturated rings. The van der Waals surface area contributed by atoms with Gasteiger partial charge in [-0.2, -0.15) is 17.4 Å². The van der Waals surface area contributed by atoms with Crippen molar-refractivity contribution >= 4 is 10.2 Å². The summed E-state index contributed by atoms with van der Waals surface area (Å²) in [6.07, 6.45) is 0. The van der Waals surface area contributed by atoms with E-state index >= 15 is 0 Å². The molecule has 2 N–H and O–H groups in total. The summed E-state index contributed by atoms with van der Waals surface area (Å²) in [4.78, 5) is 0. The van der Waals surface area contributed by atoms with E-state index in [0.717, 1.165) is 0 Å². The van der Waals surface area contributed by atoms with Crippen molar-refractivity contribution in [2.45, 2.75) is 38.8 Å². The number of ether oxygens (including phenoxy) is 1. The zero-order valence-corrected chi connectivity index (χ0v) is 11.7. The van der Waals surface area contributed by atoms with Gasteiger partial charge in [-0.1, -0.05) is 0 Å². The van der Waals surface area contributed by atoms with Crippen LogP contribution >= 0.6 is 0 Å².